The number of pyridine rings is 1. The zero-order valence-corrected chi connectivity index (χ0v) is 11.9. The van der Waals surface area contributed by atoms with E-state index in [9.17, 15) is 9.59 Å². The van der Waals surface area contributed by atoms with Crippen molar-refractivity contribution in [3.63, 3.8) is 0 Å². The number of fused-ring (bicyclic) bond motifs is 3. The fourth-order valence-electron chi connectivity index (χ4n) is 3.37. The van der Waals surface area contributed by atoms with Crippen molar-refractivity contribution in [3.05, 3.63) is 24.0 Å². The third kappa shape index (κ3) is 2.23. The largest absolute Gasteiger partial charge is 0.440 e. The van der Waals surface area contributed by atoms with Gasteiger partial charge in [0, 0.05) is 36.8 Å². The monoisotopic (exact) mass is 300 g/mol. The first-order chi connectivity index (χ1) is 10.7. The van der Waals surface area contributed by atoms with Crippen LogP contribution in [0.3, 0.4) is 0 Å². The molecular weight excluding hydrogens is 284 g/mol. The van der Waals surface area contributed by atoms with Gasteiger partial charge in [-0.1, -0.05) is 0 Å². The Morgan fingerprint density at radius 1 is 1.45 bits per heavy atom. The fourth-order valence-corrected chi connectivity index (χ4v) is 3.37. The molecule has 2 aliphatic rings. The van der Waals surface area contributed by atoms with Crippen LogP contribution in [0.5, 0.6) is 0 Å². The summed E-state index contributed by atoms with van der Waals surface area (Å²) in [7, 11) is 0. The number of nitrogens with one attached hydrogen (secondary N) is 2. The Bertz CT molecular complexity index is 741. The van der Waals surface area contributed by atoms with Crippen molar-refractivity contribution in [1.29, 1.82) is 0 Å². The number of nitrogens with zero attached hydrogens (tertiary/aromatic N) is 2. The smallest absolute Gasteiger partial charge is 0.271 e. The summed E-state index contributed by atoms with van der Waals surface area (Å²) in [6, 6.07) is 3.27. The van der Waals surface area contributed by atoms with Crippen LogP contribution in [0.2, 0.25) is 0 Å². The van der Waals surface area contributed by atoms with Crippen LogP contribution in [-0.4, -0.2) is 41.5 Å². The predicted octanol–water partition coefficient (Wildman–Crippen LogP) is 1.18. The molecule has 2 N–H and O–H groups in total. The van der Waals surface area contributed by atoms with E-state index < -0.39 is 0 Å². The second-order valence-corrected chi connectivity index (χ2v) is 5.85. The van der Waals surface area contributed by atoms with Crippen LogP contribution in [0, 0.1) is 5.92 Å². The van der Waals surface area contributed by atoms with Crippen LogP contribution in [0.4, 0.5) is 5.88 Å². The molecule has 7 heteroatoms. The third-order valence-electron chi connectivity index (χ3n) is 4.45. The Morgan fingerprint density at radius 2 is 2.36 bits per heavy atom. The molecule has 0 aliphatic carbocycles. The number of piperidine rings is 1. The Balaban J connectivity index is 1.52. The van der Waals surface area contributed by atoms with E-state index in [0.717, 1.165) is 24.9 Å². The minimum Gasteiger partial charge on any atom is -0.440 e. The maximum atomic E-state index is 12.3. The summed E-state index contributed by atoms with van der Waals surface area (Å²) in [5.74, 6) is 0.854. The Morgan fingerprint density at radius 3 is 3.09 bits per heavy atom. The first-order valence-corrected chi connectivity index (χ1v) is 7.37. The van der Waals surface area contributed by atoms with E-state index in [1.807, 2.05) is 0 Å². The van der Waals surface area contributed by atoms with Crippen LogP contribution in [0.15, 0.2) is 22.7 Å². The molecule has 114 valence electrons. The maximum Gasteiger partial charge on any atom is 0.271 e. The molecule has 2 saturated heterocycles. The number of anilines is 1. The average molecular weight is 300 g/mol. The van der Waals surface area contributed by atoms with Gasteiger partial charge in [-0.25, -0.2) is 0 Å². The minimum atomic E-state index is -0.194. The van der Waals surface area contributed by atoms with Crippen molar-refractivity contribution < 1.29 is 14.0 Å². The summed E-state index contributed by atoms with van der Waals surface area (Å²) in [6.07, 6.45) is 4.48. The SMILES string of the molecule is O=CNc1cc2cnc(C(=O)NC3CC4CCN3C4)cc2o1. The van der Waals surface area contributed by atoms with Crippen molar-refractivity contribution in [3.8, 4) is 0 Å². The number of amides is 2. The van der Waals surface area contributed by atoms with Gasteiger partial charge in [0.05, 0.1) is 6.17 Å². The van der Waals surface area contributed by atoms with Crippen LogP contribution in [0.25, 0.3) is 11.0 Å². The van der Waals surface area contributed by atoms with Crippen molar-refractivity contribution in [2.45, 2.75) is 19.0 Å². The molecular formula is C15H16N4O3. The molecule has 0 radical (unpaired) electrons. The van der Waals surface area contributed by atoms with E-state index in [1.165, 1.54) is 6.42 Å². The zero-order chi connectivity index (χ0) is 15.1. The third-order valence-corrected chi connectivity index (χ3v) is 4.45. The predicted molar refractivity (Wildman–Crippen MR) is 79.2 cm³/mol. The summed E-state index contributed by atoms with van der Waals surface area (Å²) in [4.78, 5) is 29.2. The molecule has 2 amide bonds. The molecule has 4 rings (SSSR count). The molecule has 4 heterocycles. The molecule has 0 aromatic carbocycles. The van der Waals surface area contributed by atoms with E-state index in [4.69, 9.17) is 4.42 Å². The molecule has 2 fully saturated rings. The van der Waals surface area contributed by atoms with E-state index in [2.05, 4.69) is 20.5 Å². The zero-order valence-electron chi connectivity index (χ0n) is 11.9. The van der Waals surface area contributed by atoms with Gasteiger partial charge in [0.2, 0.25) is 12.3 Å². The second-order valence-electron chi connectivity index (χ2n) is 5.85. The van der Waals surface area contributed by atoms with Gasteiger partial charge >= 0.3 is 0 Å². The van der Waals surface area contributed by atoms with E-state index >= 15 is 0 Å². The van der Waals surface area contributed by atoms with Crippen molar-refractivity contribution >= 4 is 29.2 Å². The number of hydrogen-bond acceptors (Lipinski definition) is 5. The van der Waals surface area contributed by atoms with Gasteiger partial charge in [0.25, 0.3) is 5.91 Å². The normalized spacial score (nSPS) is 26.3. The van der Waals surface area contributed by atoms with E-state index in [-0.39, 0.29) is 12.1 Å². The maximum absolute atomic E-state index is 12.3. The topological polar surface area (TPSA) is 87.5 Å². The highest BCUT2D eigenvalue weighted by Gasteiger charge is 2.38. The fraction of sp³-hybridized carbons (Fsp3) is 0.400. The van der Waals surface area contributed by atoms with Crippen molar-refractivity contribution in [1.82, 2.24) is 15.2 Å². The Hall–Kier alpha value is -2.41. The molecule has 3 atom stereocenters. The first kappa shape index (κ1) is 13.3. The van der Waals surface area contributed by atoms with Gasteiger partial charge in [-0.05, 0) is 18.8 Å². The molecule has 2 aromatic rings. The van der Waals surface area contributed by atoms with Gasteiger partial charge in [-0.3, -0.25) is 24.8 Å². The number of furan rings is 1. The van der Waals surface area contributed by atoms with Crippen LogP contribution >= 0.6 is 0 Å². The molecule has 0 saturated carbocycles. The number of hydrogen-bond donors (Lipinski definition) is 2. The Kier molecular flexibility index (Phi) is 3.07. The average Bonchev–Trinajstić information content (AvgIpc) is 3.20. The summed E-state index contributed by atoms with van der Waals surface area (Å²) in [5, 5.41) is 6.22. The molecule has 22 heavy (non-hydrogen) atoms. The lowest BCUT2D eigenvalue weighted by atomic mass is 10.0. The summed E-state index contributed by atoms with van der Waals surface area (Å²) < 4.78 is 5.45. The van der Waals surface area contributed by atoms with E-state index in [1.54, 1.807) is 18.3 Å². The Labute approximate surface area is 126 Å². The lowest BCUT2D eigenvalue weighted by Gasteiger charge is -2.25. The number of carbonyl (C=O) groups is 2. The highest BCUT2D eigenvalue weighted by molar-refractivity contribution is 5.96. The molecule has 7 nitrogen and oxygen atoms in total. The highest BCUT2D eigenvalue weighted by Crippen LogP contribution is 2.31. The van der Waals surface area contributed by atoms with Gasteiger partial charge in [-0.15, -0.1) is 0 Å². The second kappa shape index (κ2) is 5.10. The van der Waals surface area contributed by atoms with Gasteiger partial charge < -0.3 is 9.73 Å². The lowest BCUT2D eigenvalue weighted by Crippen LogP contribution is -2.45. The van der Waals surface area contributed by atoms with Gasteiger partial charge in [-0.2, -0.15) is 0 Å². The van der Waals surface area contributed by atoms with E-state index in [0.29, 0.717) is 29.5 Å². The van der Waals surface area contributed by atoms with Crippen molar-refractivity contribution in [2.24, 2.45) is 5.92 Å². The van der Waals surface area contributed by atoms with Gasteiger partial charge in [0.15, 0.2) is 0 Å². The van der Waals surface area contributed by atoms with Crippen LogP contribution in [-0.2, 0) is 4.79 Å². The summed E-state index contributed by atoms with van der Waals surface area (Å²) in [5.41, 5.74) is 0.848. The number of rotatable bonds is 4. The molecule has 2 aliphatic heterocycles. The number of carbonyl (C=O) groups excluding carboxylic acids is 2. The van der Waals surface area contributed by atoms with Crippen molar-refractivity contribution in [2.75, 3.05) is 18.4 Å². The molecule has 2 aromatic heterocycles. The standard InChI is InChI=1S/C15H16N4O3/c20-8-17-14-4-10-6-16-11(5-12(10)22-14)15(21)18-13-3-9-1-2-19(13)7-9/h4-6,8-9,13H,1-3,7H2,(H,17,20)(H,18,21). The molecule has 2 bridgehead atoms. The summed E-state index contributed by atoms with van der Waals surface area (Å²) in [6.45, 7) is 2.14. The summed E-state index contributed by atoms with van der Waals surface area (Å²) >= 11 is 0. The first-order valence-electron chi connectivity index (χ1n) is 7.37. The minimum absolute atomic E-state index is 0.118. The lowest BCUT2D eigenvalue weighted by molar-refractivity contribution is -0.105. The molecule has 3 unspecified atom stereocenters. The highest BCUT2D eigenvalue weighted by atomic mass is 16.4. The quantitative estimate of drug-likeness (QED) is 0.828. The van der Waals surface area contributed by atoms with Crippen LogP contribution in [0.1, 0.15) is 23.3 Å². The molecule has 0 spiro atoms. The van der Waals surface area contributed by atoms with Crippen LogP contribution < -0.4 is 10.6 Å². The van der Waals surface area contributed by atoms with Gasteiger partial charge in [0.1, 0.15) is 11.3 Å². The number of aromatic nitrogens is 1.